The van der Waals surface area contributed by atoms with E-state index in [0.29, 0.717) is 12.1 Å². The minimum atomic E-state index is -0.913. The zero-order chi connectivity index (χ0) is 10.0. The van der Waals surface area contributed by atoms with Crippen LogP contribution in [0.2, 0.25) is 0 Å². The molecule has 0 aliphatic carbocycles. The summed E-state index contributed by atoms with van der Waals surface area (Å²) < 4.78 is 38.3. The van der Waals surface area contributed by atoms with E-state index < -0.39 is 17.5 Å². The quantitative estimate of drug-likeness (QED) is 0.756. The first-order valence-electron chi connectivity index (χ1n) is 3.89. The van der Waals surface area contributed by atoms with Crippen molar-refractivity contribution in [3.8, 4) is 0 Å². The van der Waals surface area contributed by atoms with Gasteiger partial charge in [-0.05, 0) is 13.3 Å². The van der Waals surface area contributed by atoms with Crippen molar-refractivity contribution in [2.24, 2.45) is 5.73 Å². The Balaban J connectivity index is 3.06. The zero-order valence-electron chi connectivity index (χ0n) is 7.15. The van der Waals surface area contributed by atoms with Crippen molar-refractivity contribution in [3.05, 3.63) is 35.1 Å². The molecule has 2 N–H and O–H groups in total. The molecular formula is C9H10F3N. The highest BCUT2D eigenvalue weighted by Crippen LogP contribution is 2.15. The van der Waals surface area contributed by atoms with Gasteiger partial charge in [0.15, 0.2) is 0 Å². The summed E-state index contributed by atoms with van der Waals surface area (Å²) in [5.41, 5.74) is 5.22. The molecule has 0 aliphatic rings. The van der Waals surface area contributed by atoms with E-state index in [1.807, 2.05) is 0 Å². The Morgan fingerprint density at radius 2 is 1.69 bits per heavy atom. The number of hydrogen-bond acceptors (Lipinski definition) is 1. The second kappa shape index (κ2) is 3.79. The molecule has 0 saturated carbocycles. The molecule has 0 aromatic heterocycles. The topological polar surface area (TPSA) is 26.0 Å². The van der Waals surface area contributed by atoms with Crippen LogP contribution in [0.1, 0.15) is 12.5 Å². The largest absolute Gasteiger partial charge is 0.328 e. The summed E-state index contributed by atoms with van der Waals surface area (Å²) in [4.78, 5) is 0. The van der Waals surface area contributed by atoms with Crippen LogP contribution in [0.25, 0.3) is 0 Å². The van der Waals surface area contributed by atoms with Gasteiger partial charge in [-0.1, -0.05) is 0 Å². The van der Waals surface area contributed by atoms with Crippen LogP contribution in [0.3, 0.4) is 0 Å². The summed E-state index contributed by atoms with van der Waals surface area (Å²) in [5.74, 6) is -2.67. The second-order valence-corrected chi connectivity index (χ2v) is 3.03. The van der Waals surface area contributed by atoms with Crippen molar-refractivity contribution in [2.45, 2.75) is 19.4 Å². The van der Waals surface area contributed by atoms with Crippen molar-refractivity contribution < 1.29 is 13.2 Å². The van der Waals surface area contributed by atoms with Crippen LogP contribution in [0.15, 0.2) is 12.1 Å². The average Bonchev–Trinajstić information content (AvgIpc) is 1.96. The minimum Gasteiger partial charge on any atom is -0.328 e. The predicted molar refractivity (Wildman–Crippen MR) is 43.7 cm³/mol. The summed E-state index contributed by atoms with van der Waals surface area (Å²) in [5, 5.41) is 0. The molecule has 0 fully saturated rings. The van der Waals surface area contributed by atoms with Gasteiger partial charge in [-0.25, -0.2) is 13.2 Å². The molecule has 0 aliphatic heterocycles. The number of benzene rings is 1. The summed E-state index contributed by atoms with van der Waals surface area (Å²) >= 11 is 0. The highest BCUT2D eigenvalue weighted by atomic mass is 19.1. The molecule has 0 saturated heterocycles. The van der Waals surface area contributed by atoms with Crippen LogP contribution < -0.4 is 5.73 Å². The molecule has 1 aromatic rings. The van der Waals surface area contributed by atoms with Gasteiger partial charge >= 0.3 is 0 Å². The van der Waals surface area contributed by atoms with E-state index in [4.69, 9.17) is 5.73 Å². The highest BCUT2D eigenvalue weighted by molar-refractivity contribution is 5.21. The minimum absolute atomic E-state index is 0.0674. The Morgan fingerprint density at radius 1 is 1.23 bits per heavy atom. The van der Waals surface area contributed by atoms with Gasteiger partial charge in [0.1, 0.15) is 17.5 Å². The molecule has 0 bridgehead atoms. The number of nitrogens with two attached hydrogens (primary N) is 1. The molecular weight excluding hydrogens is 179 g/mol. The maximum atomic E-state index is 12.9. The smallest absolute Gasteiger partial charge is 0.132 e. The summed E-state index contributed by atoms with van der Waals surface area (Å²) in [6.07, 6.45) is 0.0674. The fourth-order valence-electron chi connectivity index (χ4n) is 1.09. The van der Waals surface area contributed by atoms with E-state index in [1.165, 1.54) is 0 Å². The van der Waals surface area contributed by atoms with Gasteiger partial charge in [-0.2, -0.15) is 0 Å². The maximum Gasteiger partial charge on any atom is 0.132 e. The van der Waals surface area contributed by atoms with Crippen LogP contribution in [-0.4, -0.2) is 6.04 Å². The summed E-state index contributed by atoms with van der Waals surface area (Å²) in [7, 11) is 0. The second-order valence-electron chi connectivity index (χ2n) is 3.03. The average molecular weight is 189 g/mol. The lowest BCUT2D eigenvalue weighted by Gasteiger charge is -2.07. The third kappa shape index (κ3) is 2.45. The van der Waals surface area contributed by atoms with Crippen molar-refractivity contribution >= 4 is 0 Å². The van der Waals surface area contributed by atoms with Crippen molar-refractivity contribution in [2.75, 3.05) is 0 Å². The molecule has 72 valence electrons. The van der Waals surface area contributed by atoms with Crippen LogP contribution in [-0.2, 0) is 6.42 Å². The van der Waals surface area contributed by atoms with Crippen LogP contribution in [0.5, 0.6) is 0 Å². The summed E-state index contributed by atoms with van der Waals surface area (Å²) in [6.45, 7) is 1.63. The molecule has 1 aromatic carbocycles. The fourth-order valence-corrected chi connectivity index (χ4v) is 1.09. The van der Waals surface area contributed by atoms with Crippen LogP contribution in [0, 0.1) is 17.5 Å². The van der Waals surface area contributed by atoms with Gasteiger partial charge in [0.05, 0.1) is 0 Å². The summed E-state index contributed by atoms with van der Waals surface area (Å²) in [6, 6.07) is 0.955. The van der Waals surface area contributed by atoms with Crippen LogP contribution >= 0.6 is 0 Å². The number of hydrogen-bond donors (Lipinski definition) is 1. The molecule has 0 amide bonds. The van der Waals surface area contributed by atoms with E-state index in [0.717, 1.165) is 0 Å². The first kappa shape index (κ1) is 10.1. The van der Waals surface area contributed by atoms with Crippen molar-refractivity contribution in [3.63, 3.8) is 0 Å². The molecule has 0 spiro atoms. The van der Waals surface area contributed by atoms with Gasteiger partial charge in [-0.15, -0.1) is 0 Å². The predicted octanol–water partition coefficient (Wildman–Crippen LogP) is 1.99. The third-order valence-electron chi connectivity index (χ3n) is 1.63. The highest BCUT2D eigenvalue weighted by Gasteiger charge is 2.12. The normalized spacial score (nSPS) is 13.0. The van der Waals surface area contributed by atoms with Gasteiger partial charge < -0.3 is 5.73 Å². The molecule has 13 heavy (non-hydrogen) atoms. The molecule has 1 atom stereocenters. The van der Waals surface area contributed by atoms with Gasteiger partial charge in [-0.3, -0.25) is 0 Å². The Kier molecular flexibility index (Phi) is 2.93. The van der Waals surface area contributed by atoms with Gasteiger partial charge in [0.2, 0.25) is 0 Å². The Morgan fingerprint density at radius 3 is 2.08 bits per heavy atom. The maximum absolute atomic E-state index is 12.9. The Hall–Kier alpha value is -1.03. The molecule has 0 radical (unpaired) electrons. The van der Waals surface area contributed by atoms with Gasteiger partial charge in [0.25, 0.3) is 0 Å². The van der Waals surface area contributed by atoms with E-state index in [9.17, 15) is 13.2 Å². The molecule has 1 nitrogen and oxygen atoms in total. The lowest BCUT2D eigenvalue weighted by atomic mass is 10.1. The Labute approximate surface area is 74.4 Å². The van der Waals surface area contributed by atoms with E-state index in [1.54, 1.807) is 6.92 Å². The fraction of sp³-hybridized carbons (Fsp3) is 0.333. The third-order valence-corrected chi connectivity index (χ3v) is 1.63. The molecule has 1 rings (SSSR count). The first-order valence-corrected chi connectivity index (χ1v) is 3.89. The van der Waals surface area contributed by atoms with Gasteiger partial charge in [0, 0.05) is 23.7 Å². The van der Waals surface area contributed by atoms with E-state index >= 15 is 0 Å². The molecule has 1 unspecified atom stereocenters. The lowest BCUT2D eigenvalue weighted by Crippen LogP contribution is -2.19. The van der Waals surface area contributed by atoms with E-state index in [2.05, 4.69) is 0 Å². The lowest BCUT2D eigenvalue weighted by molar-refractivity contribution is 0.515. The van der Waals surface area contributed by atoms with Crippen molar-refractivity contribution in [1.29, 1.82) is 0 Å². The SMILES string of the molecule is CC(N)Cc1c(F)cc(F)cc1F. The number of rotatable bonds is 2. The molecule has 4 heteroatoms. The Bertz CT molecular complexity index is 287. The monoisotopic (exact) mass is 189 g/mol. The zero-order valence-corrected chi connectivity index (χ0v) is 7.15. The van der Waals surface area contributed by atoms with Crippen molar-refractivity contribution in [1.82, 2.24) is 0 Å². The van der Waals surface area contributed by atoms with E-state index in [-0.39, 0.29) is 18.0 Å². The molecule has 0 heterocycles. The van der Waals surface area contributed by atoms with Crippen LogP contribution in [0.4, 0.5) is 13.2 Å². The standard InChI is InChI=1S/C9H10F3N/c1-5(13)2-7-8(11)3-6(10)4-9(7)12/h3-5H,2,13H2,1H3. The first-order chi connectivity index (χ1) is 6.00. The number of halogens is 3.